The Bertz CT molecular complexity index is 620. The second kappa shape index (κ2) is 4.10. The minimum atomic E-state index is -3.56. The lowest BCUT2D eigenvalue weighted by molar-refractivity contribution is 0.287. The molecule has 18 heavy (non-hydrogen) atoms. The second-order valence-electron chi connectivity index (χ2n) is 5.39. The van der Waals surface area contributed by atoms with Gasteiger partial charge in [0.2, 0.25) is 0 Å². The molecule has 1 aliphatic carbocycles. The van der Waals surface area contributed by atoms with Crippen LogP contribution in [0.5, 0.6) is 0 Å². The molecule has 0 saturated heterocycles. The number of hydrogen-bond acceptors (Lipinski definition) is 3. The molecule has 4 heteroatoms. The zero-order chi connectivity index (χ0) is 13.6. The van der Waals surface area contributed by atoms with Crippen molar-refractivity contribution >= 4 is 9.84 Å². The molecule has 0 N–H and O–H groups in total. The summed E-state index contributed by atoms with van der Waals surface area (Å²) in [4.78, 5) is 0.307. The van der Waals surface area contributed by atoms with Crippen molar-refractivity contribution < 1.29 is 8.42 Å². The number of sulfone groups is 1. The summed E-state index contributed by atoms with van der Waals surface area (Å²) in [5.41, 5.74) is 1.75. The number of hydrogen-bond donors (Lipinski definition) is 0. The van der Waals surface area contributed by atoms with E-state index in [2.05, 4.69) is 0 Å². The molecule has 0 heterocycles. The maximum atomic E-state index is 12.6. The minimum Gasteiger partial charge on any atom is -0.222 e. The summed E-state index contributed by atoms with van der Waals surface area (Å²) in [6, 6.07) is 7.30. The van der Waals surface area contributed by atoms with E-state index in [9.17, 15) is 13.7 Å². The largest absolute Gasteiger partial charge is 0.222 e. The predicted octanol–water partition coefficient (Wildman–Crippen LogP) is 2.77. The summed E-state index contributed by atoms with van der Waals surface area (Å²) >= 11 is 0. The van der Waals surface area contributed by atoms with Crippen LogP contribution in [0.3, 0.4) is 0 Å². The Morgan fingerprint density at radius 3 is 2.39 bits per heavy atom. The molecule has 0 radical (unpaired) electrons. The van der Waals surface area contributed by atoms with Gasteiger partial charge in [0.15, 0.2) is 14.6 Å². The third-order valence-corrected chi connectivity index (χ3v) is 6.19. The van der Waals surface area contributed by atoms with E-state index >= 15 is 0 Å². The van der Waals surface area contributed by atoms with Crippen molar-refractivity contribution in [1.82, 2.24) is 0 Å². The summed E-state index contributed by atoms with van der Waals surface area (Å²) < 4.78 is 24.0. The van der Waals surface area contributed by atoms with Crippen LogP contribution in [-0.4, -0.2) is 13.2 Å². The molecule has 1 saturated carbocycles. The second-order valence-corrected chi connectivity index (χ2v) is 7.62. The summed E-state index contributed by atoms with van der Waals surface area (Å²) in [5.74, 6) is 0.310. The first-order chi connectivity index (χ1) is 8.32. The average molecular weight is 263 g/mol. The van der Waals surface area contributed by atoms with Gasteiger partial charge in [-0.3, -0.25) is 0 Å². The molecule has 0 amide bonds. The van der Waals surface area contributed by atoms with Gasteiger partial charge >= 0.3 is 0 Å². The van der Waals surface area contributed by atoms with Crippen molar-refractivity contribution in [2.24, 2.45) is 5.92 Å². The van der Waals surface area contributed by atoms with Crippen LogP contribution in [0.4, 0.5) is 0 Å². The molecular weight excluding hydrogens is 246 g/mol. The van der Waals surface area contributed by atoms with Crippen LogP contribution in [0, 0.1) is 31.1 Å². The lowest BCUT2D eigenvalue weighted by Crippen LogP contribution is -2.48. The Labute approximate surface area is 108 Å². The molecule has 0 atom stereocenters. The van der Waals surface area contributed by atoms with Gasteiger partial charge in [0.05, 0.1) is 11.0 Å². The maximum Gasteiger partial charge on any atom is 0.197 e. The van der Waals surface area contributed by atoms with Crippen molar-refractivity contribution in [3.05, 3.63) is 29.3 Å². The first-order valence-corrected chi connectivity index (χ1v) is 7.54. The monoisotopic (exact) mass is 263 g/mol. The van der Waals surface area contributed by atoms with Crippen LogP contribution >= 0.6 is 0 Å². The standard InChI is InChI=1S/C14H17NO2S/c1-10-4-5-13(12(3)6-10)18(16,17)14(9-15)7-11(2)8-14/h4-6,11H,7-8H2,1-3H3. The predicted molar refractivity (Wildman–Crippen MR) is 69.8 cm³/mol. The van der Waals surface area contributed by atoms with Gasteiger partial charge in [0.1, 0.15) is 0 Å². The van der Waals surface area contributed by atoms with Gasteiger partial charge in [-0.15, -0.1) is 0 Å². The van der Waals surface area contributed by atoms with Gasteiger partial charge in [0, 0.05) is 0 Å². The fourth-order valence-electron chi connectivity index (χ4n) is 2.75. The van der Waals surface area contributed by atoms with Crippen LogP contribution in [-0.2, 0) is 9.84 Å². The quantitative estimate of drug-likeness (QED) is 0.824. The van der Waals surface area contributed by atoms with Crippen LogP contribution in [0.1, 0.15) is 30.9 Å². The fourth-order valence-corrected chi connectivity index (χ4v) is 5.03. The summed E-state index contributed by atoms with van der Waals surface area (Å²) in [6.45, 7) is 5.69. The maximum absolute atomic E-state index is 12.6. The van der Waals surface area contributed by atoms with Gasteiger partial charge in [0.25, 0.3) is 0 Å². The smallest absolute Gasteiger partial charge is 0.197 e. The van der Waals surface area contributed by atoms with Crippen LogP contribution in [0.15, 0.2) is 23.1 Å². The molecule has 0 aromatic heterocycles. The molecule has 0 spiro atoms. The van der Waals surface area contributed by atoms with Gasteiger partial charge in [-0.25, -0.2) is 8.42 Å². The van der Waals surface area contributed by atoms with Gasteiger partial charge in [-0.05, 0) is 44.2 Å². The van der Waals surface area contributed by atoms with Crippen LogP contribution in [0.25, 0.3) is 0 Å². The van der Waals surface area contributed by atoms with E-state index in [-0.39, 0.29) is 0 Å². The molecule has 96 valence electrons. The van der Waals surface area contributed by atoms with Gasteiger partial charge in [-0.2, -0.15) is 5.26 Å². The van der Waals surface area contributed by atoms with E-state index in [1.54, 1.807) is 19.1 Å². The highest BCUT2D eigenvalue weighted by molar-refractivity contribution is 7.93. The van der Waals surface area contributed by atoms with E-state index in [1.807, 2.05) is 26.0 Å². The fraction of sp³-hybridized carbons (Fsp3) is 0.500. The molecular formula is C14H17NO2S. The molecule has 2 rings (SSSR count). The van der Waals surface area contributed by atoms with Crippen LogP contribution in [0.2, 0.25) is 0 Å². The number of aryl methyl sites for hydroxylation is 2. The Balaban J connectivity index is 2.53. The zero-order valence-corrected chi connectivity index (χ0v) is 11.7. The Morgan fingerprint density at radius 2 is 1.94 bits per heavy atom. The Kier molecular flexibility index (Phi) is 2.98. The zero-order valence-electron chi connectivity index (χ0n) is 10.9. The third-order valence-electron chi connectivity index (χ3n) is 3.69. The first kappa shape index (κ1) is 13.1. The van der Waals surface area contributed by atoms with Crippen molar-refractivity contribution in [2.75, 3.05) is 0 Å². The van der Waals surface area contributed by atoms with Crippen LogP contribution < -0.4 is 0 Å². The minimum absolute atomic E-state index is 0.307. The summed E-state index contributed by atoms with van der Waals surface area (Å²) in [7, 11) is -3.56. The van der Waals surface area contributed by atoms with Crippen molar-refractivity contribution in [2.45, 2.75) is 43.3 Å². The normalized spacial score (nSPS) is 27.3. The van der Waals surface area contributed by atoms with Crippen molar-refractivity contribution in [3.8, 4) is 6.07 Å². The van der Waals surface area contributed by atoms with Crippen molar-refractivity contribution in [3.63, 3.8) is 0 Å². The first-order valence-electron chi connectivity index (χ1n) is 6.05. The number of rotatable bonds is 2. The Morgan fingerprint density at radius 1 is 1.33 bits per heavy atom. The number of nitriles is 1. The highest BCUT2D eigenvalue weighted by Gasteiger charge is 2.54. The van der Waals surface area contributed by atoms with E-state index in [4.69, 9.17) is 0 Å². The number of benzene rings is 1. The summed E-state index contributed by atoms with van der Waals surface area (Å²) in [6.07, 6.45) is 0.887. The molecule has 3 nitrogen and oxygen atoms in total. The topological polar surface area (TPSA) is 57.9 Å². The highest BCUT2D eigenvalue weighted by Crippen LogP contribution is 2.46. The van der Waals surface area contributed by atoms with Crippen molar-refractivity contribution in [1.29, 1.82) is 5.26 Å². The van der Waals surface area contributed by atoms with Gasteiger partial charge in [-0.1, -0.05) is 24.6 Å². The third kappa shape index (κ3) is 1.74. The average Bonchev–Trinajstić information content (AvgIpc) is 2.23. The molecule has 1 aromatic carbocycles. The molecule has 1 aromatic rings. The van der Waals surface area contributed by atoms with E-state index in [0.29, 0.717) is 23.7 Å². The van der Waals surface area contributed by atoms with E-state index in [0.717, 1.165) is 11.1 Å². The lowest BCUT2D eigenvalue weighted by Gasteiger charge is -2.40. The SMILES string of the molecule is Cc1ccc(S(=O)(=O)C2(C#N)CC(C)C2)c(C)c1. The molecule has 1 fully saturated rings. The molecule has 0 bridgehead atoms. The van der Waals surface area contributed by atoms with E-state index in [1.165, 1.54) is 0 Å². The van der Waals surface area contributed by atoms with Gasteiger partial charge < -0.3 is 0 Å². The molecule has 0 unspecified atom stereocenters. The molecule has 0 aliphatic heterocycles. The Hall–Kier alpha value is -1.34. The lowest BCUT2D eigenvalue weighted by atomic mass is 9.76. The number of nitrogens with zero attached hydrogens (tertiary/aromatic N) is 1. The highest BCUT2D eigenvalue weighted by atomic mass is 32.2. The van der Waals surface area contributed by atoms with E-state index < -0.39 is 14.6 Å². The molecule has 1 aliphatic rings. The summed E-state index contributed by atoms with van der Waals surface area (Å²) in [5, 5.41) is 9.27.